The van der Waals surface area contributed by atoms with Gasteiger partial charge in [0.1, 0.15) is 0 Å². The Balaban J connectivity index is 1.64. The number of aryl methyl sites for hydroxylation is 1. The molecule has 0 aliphatic heterocycles. The highest BCUT2D eigenvalue weighted by molar-refractivity contribution is 7.16. The van der Waals surface area contributed by atoms with Crippen molar-refractivity contribution >= 4 is 22.9 Å². The third kappa shape index (κ3) is 3.07. The highest BCUT2D eigenvalue weighted by Gasteiger charge is 2.24. The smallest absolute Gasteiger partial charge is 0.0934 e. The van der Waals surface area contributed by atoms with Crippen molar-refractivity contribution in [2.24, 2.45) is 0 Å². The molecule has 4 heteroatoms. The topological polar surface area (TPSA) is 21.3 Å². The summed E-state index contributed by atoms with van der Waals surface area (Å²) >= 11 is 7.81. The Morgan fingerprint density at radius 1 is 1.35 bits per heavy atom. The van der Waals surface area contributed by atoms with E-state index in [1.165, 1.54) is 28.0 Å². The minimum absolute atomic E-state index is 0.444. The molecule has 0 radical (unpaired) electrons. The quantitative estimate of drug-likeness (QED) is 0.888. The number of fused-ring (bicyclic) bond motifs is 1. The molecule has 1 unspecified atom stereocenters. The van der Waals surface area contributed by atoms with Crippen LogP contribution in [-0.4, -0.2) is 7.11 Å². The van der Waals surface area contributed by atoms with Crippen molar-refractivity contribution in [1.82, 2.24) is 5.32 Å². The van der Waals surface area contributed by atoms with Gasteiger partial charge in [-0.2, -0.15) is 0 Å². The maximum absolute atomic E-state index is 6.09. The van der Waals surface area contributed by atoms with Crippen LogP contribution in [0.3, 0.4) is 0 Å². The van der Waals surface area contributed by atoms with E-state index < -0.39 is 0 Å². The second-order valence-electron chi connectivity index (χ2n) is 5.15. The predicted molar refractivity (Wildman–Crippen MR) is 84.4 cm³/mol. The molecule has 20 heavy (non-hydrogen) atoms. The lowest BCUT2D eigenvalue weighted by atomic mass is 10.1. The third-order valence-electron chi connectivity index (χ3n) is 3.70. The standard InChI is InChI=1S/C16H18ClNOS/c1-19-10-12-4-2-3-11(7-12)9-18-14-5-6-15-13(14)8-16(17)20-15/h2-4,7-8,14,18H,5-6,9-10H2,1H3. The maximum atomic E-state index is 6.09. The molecule has 0 bridgehead atoms. The highest BCUT2D eigenvalue weighted by Crippen LogP contribution is 2.39. The molecule has 1 aromatic heterocycles. The number of rotatable bonds is 5. The van der Waals surface area contributed by atoms with Crippen molar-refractivity contribution in [2.45, 2.75) is 32.0 Å². The van der Waals surface area contributed by atoms with Gasteiger partial charge in [-0.3, -0.25) is 0 Å². The van der Waals surface area contributed by atoms with E-state index in [0.717, 1.165) is 17.3 Å². The zero-order chi connectivity index (χ0) is 13.9. The molecule has 106 valence electrons. The minimum atomic E-state index is 0.444. The van der Waals surface area contributed by atoms with Gasteiger partial charge in [0.15, 0.2) is 0 Å². The maximum Gasteiger partial charge on any atom is 0.0934 e. The molecule has 3 rings (SSSR count). The molecule has 1 aliphatic rings. The fraction of sp³-hybridized carbons (Fsp3) is 0.375. The first kappa shape index (κ1) is 14.1. The van der Waals surface area contributed by atoms with Gasteiger partial charge < -0.3 is 10.1 Å². The number of methoxy groups -OCH3 is 1. The van der Waals surface area contributed by atoms with Gasteiger partial charge in [-0.25, -0.2) is 0 Å². The van der Waals surface area contributed by atoms with Crippen LogP contribution >= 0.6 is 22.9 Å². The lowest BCUT2D eigenvalue weighted by molar-refractivity contribution is 0.185. The fourth-order valence-electron chi connectivity index (χ4n) is 2.78. The van der Waals surface area contributed by atoms with Crippen LogP contribution in [0.25, 0.3) is 0 Å². The predicted octanol–water partition coefficient (Wildman–Crippen LogP) is 4.33. The number of hydrogen-bond acceptors (Lipinski definition) is 3. The first-order valence-electron chi connectivity index (χ1n) is 6.84. The molecule has 1 aliphatic carbocycles. The van der Waals surface area contributed by atoms with Gasteiger partial charge in [-0.05, 0) is 35.6 Å². The Morgan fingerprint density at radius 3 is 3.05 bits per heavy atom. The number of hydrogen-bond donors (Lipinski definition) is 1. The Morgan fingerprint density at radius 2 is 2.20 bits per heavy atom. The summed E-state index contributed by atoms with van der Waals surface area (Å²) in [7, 11) is 1.73. The zero-order valence-electron chi connectivity index (χ0n) is 11.5. The van der Waals surface area contributed by atoms with Crippen LogP contribution < -0.4 is 5.32 Å². The van der Waals surface area contributed by atoms with E-state index in [-0.39, 0.29) is 0 Å². The second-order valence-corrected chi connectivity index (χ2v) is 6.92. The van der Waals surface area contributed by atoms with Crippen molar-refractivity contribution < 1.29 is 4.74 Å². The SMILES string of the molecule is COCc1cccc(CNC2CCc3sc(Cl)cc32)c1. The molecule has 0 spiro atoms. The average molecular weight is 308 g/mol. The minimum Gasteiger partial charge on any atom is -0.380 e. The molecule has 1 heterocycles. The molecule has 2 aromatic rings. The lowest BCUT2D eigenvalue weighted by Crippen LogP contribution is -2.18. The van der Waals surface area contributed by atoms with Crippen molar-refractivity contribution in [3.8, 4) is 0 Å². The molecular weight excluding hydrogens is 290 g/mol. The van der Waals surface area contributed by atoms with Crippen molar-refractivity contribution in [1.29, 1.82) is 0 Å². The molecule has 2 nitrogen and oxygen atoms in total. The summed E-state index contributed by atoms with van der Waals surface area (Å²) in [5.41, 5.74) is 3.92. The van der Waals surface area contributed by atoms with E-state index in [9.17, 15) is 0 Å². The van der Waals surface area contributed by atoms with Crippen LogP contribution in [0.4, 0.5) is 0 Å². The van der Waals surface area contributed by atoms with Crippen LogP contribution in [0.5, 0.6) is 0 Å². The lowest BCUT2D eigenvalue weighted by Gasteiger charge is -2.13. The van der Waals surface area contributed by atoms with Crippen molar-refractivity contribution in [2.75, 3.05) is 7.11 Å². The Kier molecular flexibility index (Phi) is 4.41. The Bertz CT molecular complexity index is 596. The van der Waals surface area contributed by atoms with Gasteiger partial charge in [0.25, 0.3) is 0 Å². The molecule has 1 aromatic carbocycles. The molecule has 0 saturated carbocycles. The number of thiophene rings is 1. The molecule has 1 atom stereocenters. The van der Waals surface area contributed by atoms with Crippen LogP contribution in [-0.2, 0) is 24.3 Å². The fourth-order valence-corrected chi connectivity index (χ4v) is 4.14. The second kappa shape index (κ2) is 6.27. The zero-order valence-corrected chi connectivity index (χ0v) is 13.1. The molecule has 0 saturated heterocycles. The summed E-state index contributed by atoms with van der Waals surface area (Å²) in [6.07, 6.45) is 2.32. The van der Waals surface area contributed by atoms with Crippen LogP contribution in [0.2, 0.25) is 4.34 Å². The van der Waals surface area contributed by atoms with Gasteiger partial charge in [-0.1, -0.05) is 35.9 Å². The van der Waals surface area contributed by atoms with E-state index in [1.54, 1.807) is 18.4 Å². The monoisotopic (exact) mass is 307 g/mol. The van der Waals surface area contributed by atoms with Gasteiger partial charge in [0, 0.05) is 24.6 Å². The first-order chi connectivity index (χ1) is 9.76. The number of benzene rings is 1. The summed E-state index contributed by atoms with van der Waals surface area (Å²) in [6.45, 7) is 1.55. The normalized spacial score (nSPS) is 17.4. The number of halogens is 1. The molecule has 0 fully saturated rings. The van der Waals surface area contributed by atoms with Crippen molar-refractivity contribution in [3.63, 3.8) is 0 Å². The van der Waals surface area contributed by atoms with Gasteiger partial charge in [0.05, 0.1) is 10.9 Å². The molecular formula is C16H18ClNOS. The molecule has 1 N–H and O–H groups in total. The van der Waals surface area contributed by atoms with E-state index in [2.05, 4.69) is 35.6 Å². The summed E-state index contributed by atoms with van der Waals surface area (Å²) in [5.74, 6) is 0. The van der Waals surface area contributed by atoms with Crippen LogP contribution in [0.1, 0.15) is 34.0 Å². The largest absolute Gasteiger partial charge is 0.380 e. The van der Waals surface area contributed by atoms with Crippen LogP contribution in [0, 0.1) is 0 Å². The van der Waals surface area contributed by atoms with E-state index in [4.69, 9.17) is 16.3 Å². The van der Waals surface area contributed by atoms with E-state index in [1.807, 2.05) is 0 Å². The Labute approximate surface area is 128 Å². The van der Waals surface area contributed by atoms with E-state index >= 15 is 0 Å². The first-order valence-corrected chi connectivity index (χ1v) is 8.04. The highest BCUT2D eigenvalue weighted by atomic mass is 35.5. The van der Waals surface area contributed by atoms with Gasteiger partial charge >= 0.3 is 0 Å². The van der Waals surface area contributed by atoms with Crippen LogP contribution in [0.15, 0.2) is 30.3 Å². The average Bonchev–Trinajstić information content (AvgIpc) is 2.97. The summed E-state index contributed by atoms with van der Waals surface area (Å²) in [6, 6.07) is 11.1. The van der Waals surface area contributed by atoms with Gasteiger partial charge in [0.2, 0.25) is 0 Å². The van der Waals surface area contributed by atoms with Gasteiger partial charge in [-0.15, -0.1) is 11.3 Å². The molecule has 0 amide bonds. The summed E-state index contributed by atoms with van der Waals surface area (Å²) in [5, 5.41) is 3.64. The Hall–Kier alpha value is -0.870. The third-order valence-corrected chi connectivity index (χ3v) is 5.04. The summed E-state index contributed by atoms with van der Waals surface area (Å²) < 4.78 is 6.08. The van der Waals surface area contributed by atoms with E-state index in [0.29, 0.717) is 12.6 Å². The van der Waals surface area contributed by atoms with Crippen molar-refractivity contribution in [3.05, 3.63) is 56.2 Å². The number of ether oxygens (including phenoxy) is 1. The number of nitrogens with one attached hydrogen (secondary N) is 1. The summed E-state index contributed by atoms with van der Waals surface area (Å²) in [4.78, 5) is 1.45.